The molecule has 0 atom stereocenters. The molecule has 2 aromatic rings. The second-order valence-corrected chi connectivity index (χ2v) is 6.39. The number of carbonyl (C=O) groups is 1. The summed E-state index contributed by atoms with van der Waals surface area (Å²) in [4.78, 5) is 18.8. The van der Waals surface area contributed by atoms with E-state index >= 15 is 0 Å². The number of piperidine rings is 1. The fourth-order valence-corrected chi connectivity index (χ4v) is 3.15. The number of hydrogen-bond donors (Lipinski definition) is 1. The van der Waals surface area contributed by atoms with Gasteiger partial charge in [-0.3, -0.25) is 15.0 Å². The maximum Gasteiger partial charge on any atom is 0.293 e. The topological polar surface area (TPSA) is 58.4 Å². The molecule has 3 heterocycles. The molecule has 5 nitrogen and oxygen atoms in total. The summed E-state index contributed by atoms with van der Waals surface area (Å²) in [5.41, 5.74) is 1.02. The van der Waals surface area contributed by atoms with Gasteiger partial charge in [0.25, 0.3) is 5.91 Å². The third kappa shape index (κ3) is 3.71. The van der Waals surface area contributed by atoms with Gasteiger partial charge in [-0.25, -0.2) is 4.98 Å². The molecule has 21 heavy (non-hydrogen) atoms. The molecule has 0 saturated carbocycles. The number of rotatable bonds is 4. The molecule has 1 aliphatic rings. The minimum absolute atomic E-state index is 0.257. The lowest BCUT2D eigenvalue weighted by molar-refractivity contribution is 0.0996. The molecule has 3 rings (SSSR count). The number of nitrogens with zero attached hydrogens (tertiary/aromatic N) is 2. The molecular formula is C15H19N3O2S. The molecule has 0 spiro atoms. The monoisotopic (exact) mass is 305 g/mol. The molecule has 1 saturated heterocycles. The Kier molecular flexibility index (Phi) is 4.36. The Balaban J connectivity index is 1.55. The van der Waals surface area contributed by atoms with E-state index in [-0.39, 0.29) is 5.91 Å². The molecule has 1 fully saturated rings. The van der Waals surface area contributed by atoms with Crippen molar-refractivity contribution >= 4 is 22.4 Å². The number of thiazole rings is 1. The van der Waals surface area contributed by atoms with Crippen LogP contribution >= 0.6 is 11.3 Å². The third-order valence-corrected chi connectivity index (χ3v) is 4.59. The fraction of sp³-hybridized carbons (Fsp3) is 0.467. The van der Waals surface area contributed by atoms with Crippen LogP contribution < -0.4 is 5.32 Å². The predicted octanol–water partition coefficient (Wildman–Crippen LogP) is 3.22. The van der Waals surface area contributed by atoms with Gasteiger partial charge >= 0.3 is 0 Å². The Morgan fingerprint density at radius 1 is 1.52 bits per heavy atom. The van der Waals surface area contributed by atoms with Gasteiger partial charge in [-0.1, -0.05) is 6.92 Å². The van der Waals surface area contributed by atoms with Gasteiger partial charge in [0.05, 0.1) is 12.0 Å². The Bertz CT molecular complexity index is 586. The number of anilines is 1. The van der Waals surface area contributed by atoms with Crippen LogP contribution in [0.25, 0.3) is 0 Å². The number of hydrogen-bond acceptors (Lipinski definition) is 5. The summed E-state index contributed by atoms with van der Waals surface area (Å²) in [6.07, 6.45) is 4.00. The number of carbonyl (C=O) groups excluding carboxylic acids is 1. The first-order chi connectivity index (χ1) is 10.2. The molecular weight excluding hydrogens is 286 g/mol. The standard InChI is InChI=1S/C15H19N3O2S/c1-11-4-6-18(7-5-11)9-12-10-21-15(16-12)17-14(19)13-3-2-8-20-13/h2-3,8,10-11H,4-7,9H2,1H3,(H,16,17,19). The normalized spacial score (nSPS) is 17.0. The number of nitrogens with one attached hydrogen (secondary N) is 1. The SMILES string of the molecule is CC1CCN(Cc2csc(NC(=O)c3ccco3)n2)CC1. The van der Waals surface area contributed by atoms with Crippen LogP contribution in [0.4, 0.5) is 5.13 Å². The summed E-state index contributed by atoms with van der Waals surface area (Å²) < 4.78 is 5.06. The highest BCUT2D eigenvalue weighted by atomic mass is 32.1. The zero-order valence-electron chi connectivity index (χ0n) is 12.0. The van der Waals surface area contributed by atoms with E-state index in [9.17, 15) is 4.79 Å². The number of aromatic nitrogens is 1. The summed E-state index contributed by atoms with van der Waals surface area (Å²) >= 11 is 1.45. The molecule has 0 radical (unpaired) electrons. The van der Waals surface area contributed by atoms with Crippen LogP contribution in [-0.2, 0) is 6.54 Å². The highest BCUT2D eigenvalue weighted by molar-refractivity contribution is 7.13. The zero-order chi connectivity index (χ0) is 14.7. The number of furan rings is 1. The zero-order valence-corrected chi connectivity index (χ0v) is 12.9. The molecule has 0 unspecified atom stereocenters. The van der Waals surface area contributed by atoms with E-state index in [4.69, 9.17) is 4.42 Å². The minimum Gasteiger partial charge on any atom is -0.459 e. The fourth-order valence-electron chi connectivity index (χ4n) is 2.45. The van der Waals surface area contributed by atoms with E-state index in [0.717, 1.165) is 31.2 Å². The molecule has 2 aromatic heterocycles. The first-order valence-corrected chi connectivity index (χ1v) is 8.10. The highest BCUT2D eigenvalue weighted by Crippen LogP contribution is 2.21. The van der Waals surface area contributed by atoms with Crippen molar-refractivity contribution in [1.29, 1.82) is 0 Å². The van der Waals surface area contributed by atoms with Crippen molar-refractivity contribution in [2.45, 2.75) is 26.3 Å². The molecule has 1 N–H and O–H groups in total. The van der Waals surface area contributed by atoms with Crippen molar-refractivity contribution in [3.63, 3.8) is 0 Å². The number of amides is 1. The van der Waals surface area contributed by atoms with Crippen molar-refractivity contribution in [3.8, 4) is 0 Å². The second-order valence-electron chi connectivity index (χ2n) is 5.53. The van der Waals surface area contributed by atoms with Gasteiger partial charge in [0.2, 0.25) is 0 Å². The average molecular weight is 305 g/mol. The van der Waals surface area contributed by atoms with Crippen LogP contribution in [0, 0.1) is 5.92 Å². The van der Waals surface area contributed by atoms with E-state index in [1.54, 1.807) is 12.1 Å². The summed E-state index contributed by atoms with van der Waals surface area (Å²) in [5.74, 6) is 0.879. The van der Waals surface area contributed by atoms with Crippen molar-refractivity contribution < 1.29 is 9.21 Å². The molecule has 112 valence electrons. The second kappa shape index (κ2) is 6.41. The Morgan fingerprint density at radius 2 is 2.33 bits per heavy atom. The Hall–Kier alpha value is -1.66. The van der Waals surface area contributed by atoms with Crippen molar-refractivity contribution in [1.82, 2.24) is 9.88 Å². The van der Waals surface area contributed by atoms with Gasteiger partial charge in [-0.2, -0.15) is 0 Å². The molecule has 1 aliphatic heterocycles. The van der Waals surface area contributed by atoms with Crippen molar-refractivity contribution in [2.24, 2.45) is 5.92 Å². The van der Waals surface area contributed by atoms with Crippen LogP contribution in [0.1, 0.15) is 36.0 Å². The van der Waals surface area contributed by atoms with Gasteiger partial charge in [0.15, 0.2) is 10.9 Å². The number of likely N-dealkylation sites (tertiary alicyclic amines) is 1. The summed E-state index contributed by atoms with van der Waals surface area (Å²) in [7, 11) is 0. The lowest BCUT2D eigenvalue weighted by Crippen LogP contribution is -2.32. The maximum absolute atomic E-state index is 11.9. The highest BCUT2D eigenvalue weighted by Gasteiger charge is 2.17. The molecule has 0 bridgehead atoms. The molecule has 6 heteroatoms. The van der Waals surface area contributed by atoms with Gasteiger partial charge in [0, 0.05) is 11.9 Å². The Morgan fingerprint density at radius 3 is 3.05 bits per heavy atom. The van der Waals surface area contributed by atoms with Gasteiger partial charge < -0.3 is 4.42 Å². The van der Waals surface area contributed by atoms with Crippen molar-refractivity contribution in [3.05, 3.63) is 35.2 Å². The van der Waals surface area contributed by atoms with Gasteiger partial charge in [-0.15, -0.1) is 11.3 Å². The lowest BCUT2D eigenvalue weighted by Gasteiger charge is -2.29. The third-order valence-electron chi connectivity index (χ3n) is 3.78. The molecule has 0 aromatic carbocycles. The quantitative estimate of drug-likeness (QED) is 0.942. The van der Waals surface area contributed by atoms with E-state index in [0.29, 0.717) is 10.9 Å². The van der Waals surface area contributed by atoms with Gasteiger partial charge in [0.1, 0.15) is 0 Å². The van der Waals surface area contributed by atoms with E-state index in [1.807, 2.05) is 5.38 Å². The van der Waals surface area contributed by atoms with Crippen LogP contribution in [0.2, 0.25) is 0 Å². The minimum atomic E-state index is -0.257. The molecule has 1 amide bonds. The van der Waals surface area contributed by atoms with E-state index in [1.165, 1.54) is 30.4 Å². The first-order valence-electron chi connectivity index (χ1n) is 7.22. The van der Waals surface area contributed by atoms with Gasteiger partial charge in [-0.05, 0) is 44.0 Å². The molecule has 0 aliphatic carbocycles. The Labute approximate surface area is 128 Å². The predicted molar refractivity (Wildman–Crippen MR) is 82.5 cm³/mol. The largest absolute Gasteiger partial charge is 0.459 e. The summed E-state index contributed by atoms with van der Waals surface area (Å²) in [6, 6.07) is 3.33. The summed E-state index contributed by atoms with van der Waals surface area (Å²) in [6.45, 7) is 5.43. The first kappa shape index (κ1) is 14.3. The van der Waals surface area contributed by atoms with E-state index < -0.39 is 0 Å². The smallest absolute Gasteiger partial charge is 0.293 e. The lowest BCUT2D eigenvalue weighted by atomic mass is 9.99. The van der Waals surface area contributed by atoms with Crippen LogP contribution in [0.15, 0.2) is 28.2 Å². The average Bonchev–Trinajstić information content (AvgIpc) is 3.13. The van der Waals surface area contributed by atoms with Crippen LogP contribution in [-0.4, -0.2) is 28.9 Å². The van der Waals surface area contributed by atoms with Crippen LogP contribution in [0.5, 0.6) is 0 Å². The maximum atomic E-state index is 11.9. The van der Waals surface area contributed by atoms with Crippen LogP contribution in [0.3, 0.4) is 0 Å². The van der Waals surface area contributed by atoms with Crippen molar-refractivity contribution in [2.75, 3.05) is 18.4 Å². The van der Waals surface area contributed by atoms with E-state index in [2.05, 4.69) is 22.1 Å². The summed E-state index contributed by atoms with van der Waals surface area (Å²) in [5, 5.41) is 5.40.